The molecule has 1 saturated carbocycles. The van der Waals surface area contributed by atoms with Crippen LogP contribution in [0.15, 0.2) is 27.6 Å². The first-order valence-corrected chi connectivity index (χ1v) is 10.1. The zero-order valence-electron chi connectivity index (χ0n) is 13.3. The number of sulfonamides is 1. The van der Waals surface area contributed by atoms with Crippen molar-refractivity contribution in [2.24, 2.45) is 11.8 Å². The maximum atomic E-state index is 12.8. The average Bonchev–Trinajstić information content (AvgIpc) is 2.46. The molecule has 0 aliphatic heterocycles. The summed E-state index contributed by atoms with van der Waals surface area (Å²) in [5.74, 6) is 1.27. The molecule has 1 aromatic carbocycles. The Balaban J connectivity index is 2.28. The van der Waals surface area contributed by atoms with Gasteiger partial charge in [-0.3, -0.25) is 0 Å². The van der Waals surface area contributed by atoms with Crippen LogP contribution in [-0.4, -0.2) is 21.1 Å². The summed E-state index contributed by atoms with van der Waals surface area (Å²) in [6, 6.07) is 5.07. The van der Waals surface area contributed by atoms with Crippen molar-refractivity contribution in [3.05, 3.63) is 22.7 Å². The third-order valence-corrected chi connectivity index (χ3v) is 6.51. The summed E-state index contributed by atoms with van der Waals surface area (Å²) in [4.78, 5) is 0.203. The van der Waals surface area contributed by atoms with Gasteiger partial charge in [0.1, 0.15) is 10.6 Å². The fourth-order valence-electron chi connectivity index (χ4n) is 2.98. The topological polar surface area (TPSA) is 55.4 Å². The van der Waals surface area contributed by atoms with Gasteiger partial charge in [0, 0.05) is 10.5 Å². The van der Waals surface area contributed by atoms with E-state index in [0.29, 0.717) is 24.2 Å². The van der Waals surface area contributed by atoms with Gasteiger partial charge in [0.25, 0.3) is 0 Å². The zero-order chi connectivity index (χ0) is 16.3. The maximum absolute atomic E-state index is 12.8. The van der Waals surface area contributed by atoms with Crippen molar-refractivity contribution in [3.63, 3.8) is 0 Å². The molecule has 124 valence electrons. The Morgan fingerprint density at radius 1 is 1.32 bits per heavy atom. The molecule has 6 heteroatoms. The third-order valence-electron chi connectivity index (χ3n) is 4.51. The summed E-state index contributed by atoms with van der Waals surface area (Å²) in [5, 5.41) is 0. The van der Waals surface area contributed by atoms with Gasteiger partial charge in [-0.25, -0.2) is 13.1 Å². The highest BCUT2D eigenvalue weighted by Gasteiger charge is 2.32. The summed E-state index contributed by atoms with van der Waals surface area (Å²) in [5.41, 5.74) is 0. The Hall–Kier alpha value is -0.590. The second kappa shape index (κ2) is 7.32. The quantitative estimate of drug-likeness (QED) is 0.828. The fraction of sp³-hybridized carbons (Fsp3) is 0.625. The number of hydrogen-bond donors (Lipinski definition) is 1. The van der Waals surface area contributed by atoms with Crippen molar-refractivity contribution in [2.75, 3.05) is 6.61 Å². The fourth-order valence-corrected chi connectivity index (χ4v) is 5.02. The summed E-state index contributed by atoms with van der Waals surface area (Å²) >= 11 is 3.34. The molecule has 1 aliphatic rings. The lowest BCUT2D eigenvalue weighted by Crippen LogP contribution is -2.43. The molecule has 0 aromatic heterocycles. The number of nitrogens with one attached hydrogen (secondary N) is 1. The van der Waals surface area contributed by atoms with E-state index in [0.717, 1.165) is 17.3 Å². The molecule has 1 aromatic rings. The highest BCUT2D eigenvalue weighted by atomic mass is 79.9. The van der Waals surface area contributed by atoms with Crippen LogP contribution in [0.5, 0.6) is 5.75 Å². The van der Waals surface area contributed by atoms with E-state index in [-0.39, 0.29) is 10.9 Å². The van der Waals surface area contributed by atoms with Gasteiger partial charge < -0.3 is 4.74 Å². The zero-order valence-corrected chi connectivity index (χ0v) is 15.7. The second-order valence-corrected chi connectivity index (χ2v) is 8.62. The standard InChI is InChI=1S/C16H24BrNO3S/c1-4-21-15-9-8-13(17)10-16(15)22(19,20)18-14-7-5-6-11(2)12(14)3/h8-12,14,18H,4-7H2,1-3H3/t11-,12-,14-/m0/s1. The van der Waals surface area contributed by atoms with Gasteiger partial charge in [0.05, 0.1) is 6.61 Å². The molecule has 4 nitrogen and oxygen atoms in total. The van der Waals surface area contributed by atoms with Crippen LogP contribution < -0.4 is 9.46 Å². The van der Waals surface area contributed by atoms with Crippen LogP contribution in [0.25, 0.3) is 0 Å². The minimum Gasteiger partial charge on any atom is -0.492 e. The smallest absolute Gasteiger partial charge is 0.244 e. The van der Waals surface area contributed by atoms with E-state index in [1.807, 2.05) is 6.92 Å². The molecular formula is C16H24BrNO3S. The van der Waals surface area contributed by atoms with Gasteiger partial charge in [0.15, 0.2) is 0 Å². The average molecular weight is 390 g/mol. The SMILES string of the molecule is CCOc1ccc(Br)cc1S(=O)(=O)N[C@H]1CCC[C@H](C)[C@@H]1C. The predicted octanol–water partition coefficient (Wildman–Crippen LogP) is 3.95. The van der Waals surface area contributed by atoms with Crippen LogP contribution in [0.2, 0.25) is 0 Å². The van der Waals surface area contributed by atoms with Gasteiger partial charge in [-0.2, -0.15) is 0 Å². The summed E-state index contributed by atoms with van der Waals surface area (Å²) < 4.78 is 34.7. The minimum atomic E-state index is -3.60. The van der Waals surface area contributed by atoms with Crippen LogP contribution in [0.4, 0.5) is 0 Å². The summed E-state index contributed by atoms with van der Waals surface area (Å²) in [6.45, 7) is 6.59. The molecule has 1 N–H and O–H groups in total. The second-order valence-electron chi connectivity index (χ2n) is 6.02. The molecular weight excluding hydrogens is 366 g/mol. The van der Waals surface area contributed by atoms with Gasteiger partial charge in [0.2, 0.25) is 10.0 Å². The van der Waals surface area contributed by atoms with E-state index in [9.17, 15) is 8.42 Å². The molecule has 0 heterocycles. The van der Waals surface area contributed by atoms with Gasteiger partial charge >= 0.3 is 0 Å². The van der Waals surface area contributed by atoms with Gasteiger partial charge in [-0.05, 0) is 43.4 Å². The lowest BCUT2D eigenvalue weighted by atomic mass is 9.78. The first kappa shape index (κ1) is 17.8. The molecule has 1 fully saturated rings. The van der Waals surface area contributed by atoms with Crippen molar-refractivity contribution in [1.29, 1.82) is 0 Å². The van der Waals surface area contributed by atoms with Crippen LogP contribution in [0.3, 0.4) is 0 Å². The number of halogens is 1. The van der Waals surface area contributed by atoms with Crippen molar-refractivity contribution in [3.8, 4) is 5.75 Å². The van der Waals surface area contributed by atoms with Crippen molar-refractivity contribution in [1.82, 2.24) is 4.72 Å². The van der Waals surface area contributed by atoms with Crippen LogP contribution in [0, 0.1) is 11.8 Å². The Bertz CT molecular complexity index is 618. The molecule has 0 amide bonds. The lowest BCUT2D eigenvalue weighted by molar-refractivity contribution is 0.226. The number of hydrogen-bond acceptors (Lipinski definition) is 3. The minimum absolute atomic E-state index is 0.0118. The third kappa shape index (κ3) is 4.03. The monoisotopic (exact) mass is 389 g/mol. The van der Waals surface area contributed by atoms with E-state index in [1.165, 1.54) is 6.42 Å². The molecule has 0 unspecified atom stereocenters. The first-order chi connectivity index (χ1) is 10.3. The van der Waals surface area contributed by atoms with E-state index in [4.69, 9.17) is 4.74 Å². The Kier molecular flexibility index (Phi) is 5.91. The maximum Gasteiger partial charge on any atom is 0.244 e. The molecule has 0 saturated heterocycles. The molecule has 0 bridgehead atoms. The van der Waals surface area contributed by atoms with Crippen LogP contribution in [0.1, 0.15) is 40.0 Å². The predicted molar refractivity (Wildman–Crippen MR) is 91.6 cm³/mol. The molecule has 1 aliphatic carbocycles. The molecule has 0 spiro atoms. The van der Waals surface area contributed by atoms with Gasteiger partial charge in [-0.1, -0.05) is 42.6 Å². The van der Waals surface area contributed by atoms with E-state index < -0.39 is 10.0 Å². The van der Waals surface area contributed by atoms with E-state index in [1.54, 1.807) is 18.2 Å². The van der Waals surface area contributed by atoms with Crippen LogP contribution >= 0.6 is 15.9 Å². The molecule has 3 atom stereocenters. The van der Waals surface area contributed by atoms with Crippen molar-refractivity contribution >= 4 is 26.0 Å². The lowest BCUT2D eigenvalue weighted by Gasteiger charge is -2.34. The normalized spacial score (nSPS) is 25.9. The summed E-state index contributed by atoms with van der Waals surface area (Å²) in [7, 11) is -3.60. The van der Waals surface area contributed by atoms with Crippen molar-refractivity contribution in [2.45, 2.75) is 51.0 Å². The highest BCUT2D eigenvalue weighted by Crippen LogP contribution is 2.32. The highest BCUT2D eigenvalue weighted by molar-refractivity contribution is 9.10. The van der Waals surface area contributed by atoms with E-state index >= 15 is 0 Å². The van der Waals surface area contributed by atoms with E-state index in [2.05, 4.69) is 34.5 Å². The Morgan fingerprint density at radius 3 is 2.73 bits per heavy atom. The van der Waals surface area contributed by atoms with Crippen LogP contribution in [-0.2, 0) is 10.0 Å². The Morgan fingerprint density at radius 2 is 2.05 bits per heavy atom. The largest absolute Gasteiger partial charge is 0.492 e. The van der Waals surface area contributed by atoms with Crippen molar-refractivity contribution < 1.29 is 13.2 Å². The Labute approximate surface area is 141 Å². The number of ether oxygens (including phenoxy) is 1. The number of rotatable bonds is 5. The molecule has 2 rings (SSSR count). The molecule has 0 radical (unpaired) electrons. The number of benzene rings is 1. The first-order valence-electron chi connectivity index (χ1n) is 7.80. The summed E-state index contributed by atoms with van der Waals surface area (Å²) in [6.07, 6.45) is 3.12. The molecule has 22 heavy (non-hydrogen) atoms. The van der Waals surface area contributed by atoms with Gasteiger partial charge in [-0.15, -0.1) is 0 Å².